The summed E-state index contributed by atoms with van der Waals surface area (Å²) in [5.41, 5.74) is 0. The summed E-state index contributed by atoms with van der Waals surface area (Å²) in [7, 11) is -2.60. The molecule has 0 aromatic rings. The number of hydrogen-bond acceptors (Lipinski definition) is 2. The van der Waals surface area contributed by atoms with Crippen LogP contribution in [0.5, 0.6) is 0 Å². The molecule has 0 aromatic heterocycles. The summed E-state index contributed by atoms with van der Waals surface area (Å²) in [4.78, 5) is 0. The average Bonchev–Trinajstić information content (AvgIpc) is 2.62. The van der Waals surface area contributed by atoms with E-state index in [2.05, 4.69) is 13.8 Å². The van der Waals surface area contributed by atoms with Gasteiger partial charge in [-0.2, -0.15) is 0 Å². The van der Waals surface area contributed by atoms with Crippen LogP contribution < -0.4 is 0 Å². The first-order valence-electron chi connectivity index (χ1n) is 4.83. The summed E-state index contributed by atoms with van der Waals surface area (Å²) in [6.45, 7) is 4.24. The lowest BCUT2D eigenvalue weighted by Crippen LogP contribution is -2.08. The predicted octanol–water partition coefficient (Wildman–Crippen LogP) is 2.00. The van der Waals surface area contributed by atoms with Crippen LogP contribution in [0.1, 0.15) is 39.5 Å². The third-order valence-corrected chi connectivity index (χ3v) is 4.59. The molecule has 1 saturated heterocycles. The molecule has 2 unspecified atom stereocenters. The van der Waals surface area contributed by atoms with Gasteiger partial charge in [0, 0.05) is 0 Å². The average molecular weight is 190 g/mol. The van der Waals surface area contributed by atoms with Crippen molar-refractivity contribution in [1.29, 1.82) is 0 Å². The van der Waals surface area contributed by atoms with Gasteiger partial charge in [0.05, 0.1) is 11.0 Å². The zero-order valence-corrected chi connectivity index (χ0v) is 8.73. The Labute approximate surface area is 75.3 Å². The lowest BCUT2D eigenvalue weighted by Gasteiger charge is -2.09. The lowest BCUT2D eigenvalue weighted by atomic mass is 9.97. The minimum Gasteiger partial charge on any atom is -0.228 e. The highest BCUT2D eigenvalue weighted by molar-refractivity contribution is 7.99. The summed E-state index contributed by atoms with van der Waals surface area (Å²) in [6.07, 6.45) is 4.45. The van der Waals surface area contributed by atoms with Gasteiger partial charge in [0.2, 0.25) is 0 Å². The number of rotatable bonds is 5. The number of hydrogen-bond donors (Lipinski definition) is 0. The van der Waals surface area contributed by atoms with Crippen LogP contribution in [0.2, 0.25) is 0 Å². The fraction of sp³-hybridized carbons (Fsp3) is 1.00. The second-order valence-corrected chi connectivity index (χ2v) is 5.94. The van der Waals surface area contributed by atoms with Crippen molar-refractivity contribution in [2.75, 3.05) is 5.75 Å². The van der Waals surface area contributed by atoms with E-state index in [1.54, 1.807) is 0 Å². The van der Waals surface area contributed by atoms with Gasteiger partial charge in [-0.05, 0) is 12.3 Å². The molecule has 2 nitrogen and oxygen atoms in total. The number of sulfone groups is 1. The van der Waals surface area contributed by atoms with Crippen molar-refractivity contribution in [1.82, 2.24) is 0 Å². The molecule has 0 aromatic carbocycles. The van der Waals surface area contributed by atoms with Crippen molar-refractivity contribution in [3.05, 3.63) is 0 Å². The molecule has 0 N–H and O–H groups in total. The summed E-state index contributed by atoms with van der Waals surface area (Å²) in [6, 6.07) is 0. The highest BCUT2D eigenvalue weighted by Gasteiger charge is 2.47. The van der Waals surface area contributed by atoms with E-state index in [1.807, 2.05) is 0 Å². The smallest absolute Gasteiger partial charge is 0.155 e. The Bertz CT molecular complexity index is 231. The van der Waals surface area contributed by atoms with Gasteiger partial charge >= 0.3 is 0 Å². The second kappa shape index (κ2) is 3.77. The molecule has 0 aliphatic carbocycles. The van der Waals surface area contributed by atoms with Crippen LogP contribution in [0, 0.1) is 5.92 Å². The molecule has 0 saturated carbocycles. The van der Waals surface area contributed by atoms with Crippen LogP contribution in [0.15, 0.2) is 0 Å². The first-order valence-corrected chi connectivity index (χ1v) is 6.55. The molecular formula is C9H18O2S. The summed E-state index contributed by atoms with van der Waals surface area (Å²) < 4.78 is 22.1. The maximum Gasteiger partial charge on any atom is 0.155 e. The van der Waals surface area contributed by atoms with Gasteiger partial charge in [0.15, 0.2) is 9.84 Å². The molecule has 0 spiro atoms. The van der Waals surface area contributed by atoms with E-state index in [0.29, 0.717) is 11.7 Å². The van der Waals surface area contributed by atoms with E-state index in [0.717, 1.165) is 12.8 Å². The topological polar surface area (TPSA) is 34.1 Å². The molecule has 1 heterocycles. The van der Waals surface area contributed by atoms with Crippen LogP contribution in [-0.2, 0) is 9.84 Å². The minimum absolute atomic E-state index is 0.0223. The fourth-order valence-corrected chi connectivity index (χ4v) is 3.64. The Balaban J connectivity index is 2.37. The Morgan fingerprint density at radius 1 is 1.42 bits per heavy atom. The number of unbranched alkanes of at least 4 members (excludes halogenated alkanes) is 1. The summed E-state index contributed by atoms with van der Waals surface area (Å²) >= 11 is 0. The Hall–Kier alpha value is -0.0500. The van der Waals surface area contributed by atoms with E-state index < -0.39 is 9.84 Å². The van der Waals surface area contributed by atoms with Gasteiger partial charge in [-0.3, -0.25) is 0 Å². The molecule has 1 rings (SSSR count). The van der Waals surface area contributed by atoms with Crippen molar-refractivity contribution in [2.45, 2.75) is 44.8 Å². The molecule has 0 amide bonds. The normalized spacial score (nSPS) is 28.3. The van der Waals surface area contributed by atoms with Crippen molar-refractivity contribution >= 4 is 9.84 Å². The first-order chi connectivity index (χ1) is 5.61. The van der Waals surface area contributed by atoms with Gasteiger partial charge in [-0.1, -0.05) is 33.1 Å². The Morgan fingerprint density at radius 3 is 2.33 bits per heavy atom. The van der Waals surface area contributed by atoms with Crippen molar-refractivity contribution in [2.24, 2.45) is 5.92 Å². The van der Waals surface area contributed by atoms with E-state index in [-0.39, 0.29) is 5.25 Å². The molecule has 1 fully saturated rings. The van der Waals surface area contributed by atoms with Gasteiger partial charge < -0.3 is 0 Å². The quantitative estimate of drug-likeness (QED) is 0.621. The summed E-state index contributed by atoms with van der Waals surface area (Å²) in [5, 5.41) is 0.0223. The summed E-state index contributed by atoms with van der Waals surface area (Å²) in [5.74, 6) is 0.893. The van der Waals surface area contributed by atoms with E-state index >= 15 is 0 Å². The van der Waals surface area contributed by atoms with E-state index in [4.69, 9.17) is 0 Å². The highest BCUT2D eigenvalue weighted by atomic mass is 32.2. The van der Waals surface area contributed by atoms with Gasteiger partial charge in [0.1, 0.15) is 0 Å². The van der Waals surface area contributed by atoms with Crippen LogP contribution in [0.4, 0.5) is 0 Å². The molecule has 12 heavy (non-hydrogen) atoms. The van der Waals surface area contributed by atoms with Crippen molar-refractivity contribution in [3.63, 3.8) is 0 Å². The van der Waals surface area contributed by atoms with Crippen LogP contribution in [0.3, 0.4) is 0 Å². The monoisotopic (exact) mass is 190 g/mol. The Kier molecular flexibility index (Phi) is 3.16. The third-order valence-electron chi connectivity index (χ3n) is 2.72. The Morgan fingerprint density at radius 2 is 2.00 bits per heavy atom. The van der Waals surface area contributed by atoms with Crippen LogP contribution in [0.25, 0.3) is 0 Å². The zero-order chi connectivity index (χ0) is 9.19. The minimum atomic E-state index is -2.60. The first kappa shape index (κ1) is 10.0. The van der Waals surface area contributed by atoms with Crippen molar-refractivity contribution < 1.29 is 8.42 Å². The SMILES string of the molecule is CCCCC(CC)C1CS1(=O)=O. The van der Waals surface area contributed by atoms with Crippen LogP contribution >= 0.6 is 0 Å². The van der Waals surface area contributed by atoms with Crippen molar-refractivity contribution in [3.8, 4) is 0 Å². The highest BCUT2D eigenvalue weighted by Crippen LogP contribution is 2.34. The van der Waals surface area contributed by atoms with Gasteiger partial charge in [-0.15, -0.1) is 0 Å². The largest absolute Gasteiger partial charge is 0.228 e. The van der Waals surface area contributed by atoms with E-state index in [1.165, 1.54) is 12.8 Å². The molecular weight excluding hydrogens is 172 g/mol. The maximum atomic E-state index is 11.0. The standard InChI is InChI=1S/C9H18O2S/c1-3-5-6-8(4-2)9-7-12(9,10)11/h8-9H,3-7H2,1-2H3. The van der Waals surface area contributed by atoms with Crippen LogP contribution in [-0.4, -0.2) is 19.4 Å². The third kappa shape index (κ3) is 2.22. The molecule has 3 heteroatoms. The molecule has 72 valence electrons. The maximum absolute atomic E-state index is 11.0. The van der Waals surface area contributed by atoms with Gasteiger partial charge in [0.25, 0.3) is 0 Å². The fourth-order valence-electron chi connectivity index (χ4n) is 1.74. The van der Waals surface area contributed by atoms with E-state index in [9.17, 15) is 8.42 Å². The molecule has 0 bridgehead atoms. The molecule has 0 radical (unpaired) electrons. The predicted molar refractivity (Wildman–Crippen MR) is 50.9 cm³/mol. The lowest BCUT2D eigenvalue weighted by molar-refractivity contribution is 0.462. The second-order valence-electron chi connectivity index (χ2n) is 3.68. The molecule has 2 atom stereocenters. The molecule has 1 aliphatic heterocycles. The van der Waals surface area contributed by atoms with Gasteiger partial charge in [-0.25, -0.2) is 8.42 Å². The zero-order valence-electron chi connectivity index (χ0n) is 7.91. The molecule has 1 aliphatic rings.